The Hall–Kier alpha value is -2.63. The minimum atomic E-state index is -0.911. The number of carbonyl (C=O) groups excluding carboxylic acids is 1. The zero-order valence-corrected chi connectivity index (χ0v) is 12.7. The fourth-order valence-electron chi connectivity index (χ4n) is 2.72. The minimum Gasteiger partial charge on any atom is -0.481 e. The summed E-state index contributed by atoms with van der Waals surface area (Å²) in [7, 11) is 0. The van der Waals surface area contributed by atoms with Gasteiger partial charge in [-0.3, -0.25) is 9.59 Å². The number of carbonyl (C=O) groups is 2. The Kier molecular flexibility index (Phi) is 4.14. The highest BCUT2D eigenvalue weighted by Crippen LogP contribution is 2.35. The molecular weight excluding hydrogens is 296 g/mol. The molecule has 1 amide bonds. The lowest BCUT2D eigenvalue weighted by Crippen LogP contribution is -2.44. The average molecular weight is 314 g/mol. The lowest BCUT2D eigenvalue weighted by Gasteiger charge is -2.32. The van der Waals surface area contributed by atoms with Gasteiger partial charge < -0.3 is 14.8 Å². The quantitative estimate of drug-likeness (QED) is 0.885. The number of nitrogens with zero attached hydrogens (tertiary/aromatic N) is 1. The molecular formula is C17H18N2O4. The number of hydrogen-bond donors (Lipinski definition) is 2. The van der Waals surface area contributed by atoms with Crippen molar-refractivity contribution in [3.05, 3.63) is 42.4 Å². The number of carboxylic acid groups (broad SMARTS) is 1. The van der Waals surface area contributed by atoms with E-state index in [0.29, 0.717) is 24.5 Å². The molecule has 1 aromatic carbocycles. The summed E-state index contributed by atoms with van der Waals surface area (Å²) >= 11 is 0. The van der Waals surface area contributed by atoms with Crippen LogP contribution in [0.4, 0.5) is 0 Å². The predicted octanol–water partition coefficient (Wildman–Crippen LogP) is 2.63. The summed E-state index contributed by atoms with van der Waals surface area (Å²) in [5.41, 5.74) is 0.912. The Morgan fingerprint density at radius 2 is 1.96 bits per heavy atom. The van der Waals surface area contributed by atoms with E-state index in [1.807, 2.05) is 30.3 Å². The molecule has 0 saturated heterocycles. The molecule has 23 heavy (non-hydrogen) atoms. The molecule has 2 aromatic rings. The number of nitrogens with one attached hydrogen (secondary N) is 1. The van der Waals surface area contributed by atoms with Crippen LogP contribution in [0.15, 0.2) is 40.9 Å². The maximum absolute atomic E-state index is 12.2. The van der Waals surface area contributed by atoms with Gasteiger partial charge in [0, 0.05) is 5.56 Å². The summed E-state index contributed by atoms with van der Waals surface area (Å²) in [6, 6.07) is 9.16. The molecule has 1 fully saturated rings. The van der Waals surface area contributed by atoms with E-state index in [0.717, 1.165) is 5.56 Å². The molecule has 0 aliphatic heterocycles. The molecule has 3 atom stereocenters. The summed E-state index contributed by atoms with van der Waals surface area (Å²) in [6.07, 6.45) is 2.78. The van der Waals surface area contributed by atoms with E-state index in [2.05, 4.69) is 10.3 Å². The first-order valence-electron chi connectivity index (χ1n) is 7.60. The molecule has 1 saturated carbocycles. The van der Waals surface area contributed by atoms with Crippen LogP contribution in [-0.4, -0.2) is 22.0 Å². The second kappa shape index (κ2) is 6.24. The van der Waals surface area contributed by atoms with Gasteiger partial charge in [-0.2, -0.15) is 0 Å². The molecule has 0 bridgehead atoms. The summed E-state index contributed by atoms with van der Waals surface area (Å²) in [5.74, 6) is -1.16. The van der Waals surface area contributed by atoms with Crippen molar-refractivity contribution in [2.24, 2.45) is 11.8 Å². The number of oxazole rings is 1. The molecule has 1 aromatic heterocycles. The number of rotatable bonds is 5. The molecule has 2 N–H and O–H groups in total. The number of amides is 1. The first-order chi connectivity index (χ1) is 11.1. The van der Waals surface area contributed by atoms with Crippen molar-refractivity contribution < 1.29 is 19.1 Å². The van der Waals surface area contributed by atoms with Crippen LogP contribution in [0.5, 0.6) is 0 Å². The minimum absolute atomic E-state index is 0.254. The van der Waals surface area contributed by atoms with Crippen LogP contribution in [0.3, 0.4) is 0 Å². The van der Waals surface area contributed by atoms with Crippen LogP contribution in [0.2, 0.25) is 0 Å². The van der Waals surface area contributed by atoms with Crippen LogP contribution in [-0.2, 0) is 9.59 Å². The van der Waals surface area contributed by atoms with Gasteiger partial charge in [-0.05, 0) is 19.8 Å². The molecule has 3 unspecified atom stereocenters. The van der Waals surface area contributed by atoms with Gasteiger partial charge in [-0.1, -0.05) is 30.3 Å². The Bertz CT molecular complexity index is 710. The van der Waals surface area contributed by atoms with Gasteiger partial charge in [0.15, 0.2) is 5.76 Å². The van der Waals surface area contributed by atoms with Crippen LogP contribution < -0.4 is 5.32 Å². The SMILES string of the molecule is CC(NC(=O)C1CCC1C(=O)O)c1ncc(-c2ccccc2)o1. The Labute approximate surface area is 133 Å². The van der Waals surface area contributed by atoms with Gasteiger partial charge >= 0.3 is 5.97 Å². The topological polar surface area (TPSA) is 92.4 Å². The third-order valence-electron chi connectivity index (χ3n) is 4.24. The van der Waals surface area contributed by atoms with Crippen LogP contribution >= 0.6 is 0 Å². The monoisotopic (exact) mass is 314 g/mol. The molecule has 0 spiro atoms. The summed E-state index contributed by atoms with van der Waals surface area (Å²) in [6.45, 7) is 1.77. The van der Waals surface area contributed by atoms with Crippen molar-refractivity contribution in [3.8, 4) is 11.3 Å². The van der Waals surface area contributed by atoms with Gasteiger partial charge in [0.25, 0.3) is 0 Å². The van der Waals surface area contributed by atoms with Gasteiger partial charge in [-0.15, -0.1) is 0 Å². The standard InChI is InChI=1S/C17H18N2O4/c1-10(19-15(20)12-7-8-13(12)17(21)22)16-18-9-14(23-16)11-5-3-2-4-6-11/h2-6,9-10,12-13H,7-8H2,1H3,(H,19,20)(H,21,22). The zero-order valence-electron chi connectivity index (χ0n) is 12.7. The van der Waals surface area contributed by atoms with Crippen molar-refractivity contribution in [2.75, 3.05) is 0 Å². The largest absolute Gasteiger partial charge is 0.481 e. The maximum Gasteiger partial charge on any atom is 0.307 e. The Morgan fingerprint density at radius 1 is 1.26 bits per heavy atom. The van der Waals surface area contributed by atoms with Crippen molar-refractivity contribution in [1.82, 2.24) is 10.3 Å². The summed E-state index contributed by atoms with van der Waals surface area (Å²) in [4.78, 5) is 27.4. The lowest BCUT2D eigenvalue weighted by molar-refractivity contribution is -0.153. The molecule has 3 rings (SSSR count). The molecule has 6 nitrogen and oxygen atoms in total. The van der Waals surface area contributed by atoms with Crippen molar-refractivity contribution in [1.29, 1.82) is 0 Å². The number of aliphatic carboxylic acids is 1. The van der Waals surface area contributed by atoms with E-state index < -0.39 is 23.8 Å². The first-order valence-corrected chi connectivity index (χ1v) is 7.60. The smallest absolute Gasteiger partial charge is 0.307 e. The van der Waals surface area contributed by atoms with Crippen LogP contribution in [0.1, 0.15) is 31.7 Å². The lowest BCUT2D eigenvalue weighted by atomic mass is 9.73. The van der Waals surface area contributed by atoms with Crippen molar-refractivity contribution in [3.63, 3.8) is 0 Å². The summed E-state index contributed by atoms with van der Waals surface area (Å²) < 4.78 is 5.70. The predicted molar refractivity (Wildman–Crippen MR) is 82.3 cm³/mol. The fraction of sp³-hybridized carbons (Fsp3) is 0.353. The van der Waals surface area contributed by atoms with Gasteiger partial charge in [0.1, 0.15) is 6.04 Å². The normalized spacial score (nSPS) is 21.3. The van der Waals surface area contributed by atoms with Crippen molar-refractivity contribution in [2.45, 2.75) is 25.8 Å². The number of benzene rings is 1. The Balaban J connectivity index is 1.65. The molecule has 0 radical (unpaired) electrons. The number of hydrogen-bond acceptors (Lipinski definition) is 4. The van der Waals surface area contributed by atoms with Gasteiger partial charge in [0.2, 0.25) is 11.8 Å². The van der Waals surface area contributed by atoms with Crippen LogP contribution in [0.25, 0.3) is 11.3 Å². The molecule has 1 aliphatic rings. The molecule has 120 valence electrons. The number of carboxylic acids is 1. The number of aromatic nitrogens is 1. The molecule has 1 aliphatic carbocycles. The first kappa shape index (κ1) is 15.3. The third-order valence-corrected chi connectivity index (χ3v) is 4.24. The highest BCUT2D eigenvalue weighted by molar-refractivity contribution is 5.86. The highest BCUT2D eigenvalue weighted by atomic mass is 16.4. The zero-order chi connectivity index (χ0) is 16.4. The summed E-state index contributed by atoms with van der Waals surface area (Å²) in [5, 5.41) is 11.8. The van der Waals surface area contributed by atoms with E-state index >= 15 is 0 Å². The second-order valence-electron chi connectivity index (χ2n) is 5.79. The van der Waals surface area contributed by atoms with E-state index in [1.165, 1.54) is 0 Å². The van der Waals surface area contributed by atoms with E-state index in [9.17, 15) is 9.59 Å². The molecule has 6 heteroatoms. The average Bonchev–Trinajstić information content (AvgIpc) is 2.96. The van der Waals surface area contributed by atoms with Gasteiger partial charge in [0.05, 0.1) is 18.0 Å². The fourth-order valence-corrected chi connectivity index (χ4v) is 2.72. The van der Waals surface area contributed by atoms with Crippen molar-refractivity contribution >= 4 is 11.9 Å². The third kappa shape index (κ3) is 3.11. The second-order valence-corrected chi connectivity index (χ2v) is 5.79. The van der Waals surface area contributed by atoms with Crippen LogP contribution in [0, 0.1) is 11.8 Å². The maximum atomic E-state index is 12.2. The highest BCUT2D eigenvalue weighted by Gasteiger charge is 2.41. The van der Waals surface area contributed by atoms with Gasteiger partial charge in [-0.25, -0.2) is 4.98 Å². The van der Waals surface area contributed by atoms with E-state index in [-0.39, 0.29) is 5.91 Å². The van der Waals surface area contributed by atoms with E-state index in [4.69, 9.17) is 9.52 Å². The Morgan fingerprint density at radius 3 is 2.57 bits per heavy atom. The van der Waals surface area contributed by atoms with E-state index in [1.54, 1.807) is 13.1 Å². The molecule has 1 heterocycles.